The molecule has 144 valence electrons. The molecule has 2 aromatic carbocycles. The van der Waals surface area contributed by atoms with Gasteiger partial charge >= 0.3 is 5.97 Å². The molecule has 0 atom stereocenters. The number of ether oxygens (including phenoxy) is 1. The SMILES string of the molecule is Cc1cccc(Nc2ccccc2C(=O)OCC(=O)NCc2cccs2)c1C. The van der Waals surface area contributed by atoms with Gasteiger partial charge < -0.3 is 15.4 Å². The van der Waals surface area contributed by atoms with E-state index >= 15 is 0 Å². The minimum atomic E-state index is -0.542. The van der Waals surface area contributed by atoms with Crippen LogP contribution >= 0.6 is 11.3 Å². The molecule has 28 heavy (non-hydrogen) atoms. The Kier molecular flexibility index (Phi) is 6.45. The van der Waals surface area contributed by atoms with Crippen molar-refractivity contribution in [1.29, 1.82) is 0 Å². The number of hydrogen-bond acceptors (Lipinski definition) is 5. The number of aryl methyl sites for hydroxylation is 1. The summed E-state index contributed by atoms with van der Waals surface area (Å²) in [6, 6.07) is 16.9. The first-order valence-corrected chi connectivity index (χ1v) is 9.81. The number of para-hydroxylation sites is 1. The molecular weight excluding hydrogens is 372 g/mol. The van der Waals surface area contributed by atoms with Crippen LogP contribution in [0, 0.1) is 13.8 Å². The molecule has 0 spiro atoms. The molecule has 3 rings (SSSR count). The number of amides is 1. The number of carbonyl (C=O) groups is 2. The van der Waals surface area contributed by atoms with Crippen molar-refractivity contribution in [2.45, 2.75) is 20.4 Å². The van der Waals surface area contributed by atoms with E-state index in [9.17, 15) is 9.59 Å². The van der Waals surface area contributed by atoms with Gasteiger partial charge in [0.2, 0.25) is 0 Å². The molecule has 0 bridgehead atoms. The lowest BCUT2D eigenvalue weighted by molar-refractivity contribution is -0.124. The van der Waals surface area contributed by atoms with Crippen LogP contribution in [0.2, 0.25) is 0 Å². The summed E-state index contributed by atoms with van der Waals surface area (Å²) in [5.41, 5.74) is 4.22. The van der Waals surface area contributed by atoms with Gasteiger partial charge in [0.15, 0.2) is 6.61 Å². The topological polar surface area (TPSA) is 67.4 Å². The monoisotopic (exact) mass is 394 g/mol. The number of anilines is 2. The van der Waals surface area contributed by atoms with Gasteiger partial charge in [0.05, 0.1) is 17.8 Å². The van der Waals surface area contributed by atoms with Gasteiger partial charge in [0.25, 0.3) is 5.91 Å². The Morgan fingerprint density at radius 1 is 0.964 bits per heavy atom. The van der Waals surface area contributed by atoms with Gasteiger partial charge in [-0.15, -0.1) is 11.3 Å². The molecule has 3 aromatic rings. The van der Waals surface area contributed by atoms with Crippen LogP contribution in [-0.2, 0) is 16.1 Å². The fourth-order valence-corrected chi connectivity index (χ4v) is 3.31. The van der Waals surface area contributed by atoms with Crippen molar-refractivity contribution < 1.29 is 14.3 Å². The molecule has 0 radical (unpaired) electrons. The van der Waals surface area contributed by atoms with Gasteiger partial charge in [-0.1, -0.05) is 30.3 Å². The van der Waals surface area contributed by atoms with Crippen LogP contribution in [0.3, 0.4) is 0 Å². The summed E-state index contributed by atoms with van der Waals surface area (Å²) in [5, 5.41) is 7.98. The quantitative estimate of drug-likeness (QED) is 0.576. The van der Waals surface area contributed by atoms with E-state index < -0.39 is 5.97 Å². The lowest BCUT2D eigenvalue weighted by atomic mass is 10.1. The zero-order valence-corrected chi connectivity index (χ0v) is 16.6. The van der Waals surface area contributed by atoms with Crippen LogP contribution in [0.15, 0.2) is 60.0 Å². The Labute approximate surface area is 168 Å². The first kappa shape index (κ1) is 19.6. The Hall–Kier alpha value is -3.12. The highest BCUT2D eigenvalue weighted by atomic mass is 32.1. The van der Waals surface area contributed by atoms with E-state index in [2.05, 4.69) is 10.6 Å². The third-order valence-corrected chi connectivity index (χ3v) is 5.27. The van der Waals surface area contributed by atoms with Crippen LogP contribution in [-0.4, -0.2) is 18.5 Å². The molecule has 0 unspecified atom stereocenters. The van der Waals surface area contributed by atoms with E-state index in [0.29, 0.717) is 17.8 Å². The summed E-state index contributed by atoms with van der Waals surface area (Å²) < 4.78 is 5.20. The van der Waals surface area contributed by atoms with Crippen LogP contribution in [0.1, 0.15) is 26.4 Å². The highest BCUT2D eigenvalue weighted by molar-refractivity contribution is 7.09. The summed E-state index contributed by atoms with van der Waals surface area (Å²) in [4.78, 5) is 25.5. The largest absolute Gasteiger partial charge is 0.452 e. The highest BCUT2D eigenvalue weighted by Crippen LogP contribution is 2.25. The Balaban J connectivity index is 1.62. The molecular formula is C22H22N2O3S. The number of nitrogens with one attached hydrogen (secondary N) is 2. The normalized spacial score (nSPS) is 10.4. The van der Waals surface area contributed by atoms with Gasteiger partial charge in [0.1, 0.15) is 0 Å². The molecule has 1 aromatic heterocycles. The summed E-state index contributed by atoms with van der Waals surface area (Å²) in [7, 11) is 0. The number of benzene rings is 2. The van der Waals surface area contributed by atoms with Crippen LogP contribution in [0.4, 0.5) is 11.4 Å². The Morgan fingerprint density at radius 3 is 2.54 bits per heavy atom. The fourth-order valence-electron chi connectivity index (χ4n) is 2.66. The van der Waals surface area contributed by atoms with E-state index in [0.717, 1.165) is 21.7 Å². The zero-order valence-electron chi connectivity index (χ0n) is 15.8. The van der Waals surface area contributed by atoms with Crippen molar-refractivity contribution in [3.05, 3.63) is 81.5 Å². The molecule has 1 heterocycles. The minimum absolute atomic E-state index is 0.317. The van der Waals surface area contributed by atoms with Gasteiger partial charge in [-0.2, -0.15) is 0 Å². The van der Waals surface area contributed by atoms with Crippen molar-refractivity contribution in [1.82, 2.24) is 5.32 Å². The van der Waals surface area contributed by atoms with Crippen LogP contribution < -0.4 is 10.6 Å². The van der Waals surface area contributed by atoms with E-state index in [1.165, 1.54) is 0 Å². The summed E-state index contributed by atoms with van der Waals surface area (Å²) in [6.07, 6.45) is 0. The highest BCUT2D eigenvalue weighted by Gasteiger charge is 2.15. The van der Waals surface area contributed by atoms with Gasteiger partial charge in [-0.05, 0) is 54.6 Å². The molecule has 0 aliphatic carbocycles. The van der Waals surface area contributed by atoms with Crippen molar-refractivity contribution in [3.8, 4) is 0 Å². The third kappa shape index (κ3) is 4.98. The zero-order chi connectivity index (χ0) is 19.9. The maximum Gasteiger partial charge on any atom is 0.340 e. The maximum absolute atomic E-state index is 12.5. The van der Waals surface area contributed by atoms with Gasteiger partial charge in [-0.25, -0.2) is 4.79 Å². The van der Waals surface area contributed by atoms with Crippen LogP contribution in [0.5, 0.6) is 0 Å². The first-order valence-electron chi connectivity index (χ1n) is 8.93. The lowest BCUT2D eigenvalue weighted by Crippen LogP contribution is -2.28. The Morgan fingerprint density at radius 2 is 1.75 bits per heavy atom. The number of esters is 1. The molecule has 0 saturated carbocycles. The summed E-state index contributed by atoms with van der Waals surface area (Å²) in [6.45, 7) is 4.17. The second kappa shape index (κ2) is 9.19. The van der Waals surface area contributed by atoms with Crippen molar-refractivity contribution >= 4 is 34.6 Å². The predicted molar refractivity (Wildman–Crippen MR) is 112 cm³/mol. The lowest BCUT2D eigenvalue weighted by Gasteiger charge is -2.14. The van der Waals surface area contributed by atoms with Gasteiger partial charge in [0, 0.05) is 10.6 Å². The minimum Gasteiger partial charge on any atom is -0.452 e. The smallest absolute Gasteiger partial charge is 0.340 e. The molecule has 2 N–H and O–H groups in total. The summed E-state index contributed by atoms with van der Waals surface area (Å²) in [5.74, 6) is -0.874. The standard InChI is InChI=1S/C22H22N2O3S/c1-15-7-5-11-19(16(15)2)24-20-10-4-3-9-18(20)22(26)27-14-21(25)23-13-17-8-6-12-28-17/h3-12,24H,13-14H2,1-2H3,(H,23,25). The number of thiophene rings is 1. The Bertz CT molecular complexity index is 968. The van der Waals surface area contributed by atoms with E-state index in [4.69, 9.17) is 4.74 Å². The summed E-state index contributed by atoms with van der Waals surface area (Å²) >= 11 is 1.56. The third-order valence-electron chi connectivity index (χ3n) is 4.40. The molecule has 6 heteroatoms. The van der Waals surface area contributed by atoms with E-state index in [-0.39, 0.29) is 12.5 Å². The van der Waals surface area contributed by atoms with Crippen molar-refractivity contribution in [3.63, 3.8) is 0 Å². The second-order valence-electron chi connectivity index (χ2n) is 6.35. The van der Waals surface area contributed by atoms with Crippen LogP contribution in [0.25, 0.3) is 0 Å². The van der Waals surface area contributed by atoms with Crippen molar-refractivity contribution in [2.75, 3.05) is 11.9 Å². The second-order valence-corrected chi connectivity index (χ2v) is 7.38. The average molecular weight is 394 g/mol. The van der Waals surface area contributed by atoms with E-state index in [1.54, 1.807) is 23.5 Å². The molecule has 0 aliphatic heterocycles. The predicted octanol–water partition coefficient (Wildman–Crippen LogP) is 4.58. The molecule has 0 aliphatic rings. The molecule has 5 nitrogen and oxygen atoms in total. The first-order chi connectivity index (χ1) is 13.5. The number of carbonyl (C=O) groups excluding carboxylic acids is 2. The van der Waals surface area contributed by atoms with Crippen molar-refractivity contribution in [2.24, 2.45) is 0 Å². The molecule has 0 fully saturated rings. The average Bonchev–Trinajstić information content (AvgIpc) is 3.22. The van der Waals surface area contributed by atoms with Gasteiger partial charge in [-0.3, -0.25) is 4.79 Å². The number of hydrogen-bond donors (Lipinski definition) is 2. The fraction of sp³-hybridized carbons (Fsp3) is 0.182. The molecule has 0 saturated heterocycles. The molecule has 1 amide bonds. The van der Waals surface area contributed by atoms with E-state index in [1.807, 2.05) is 61.7 Å². The number of rotatable bonds is 7. The maximum atomic E-state index is 12.5.